The first-order valence-electron chi connectivity index (χ1n) is 4.99. The van der Waals surface area contributed by atoms with E-state index in [0.29, 0.717) is 12.8 Å². The second kappa shape index (κ2) is 3.74. The fraction of sp³-hybridized carbons (Fsp3) is 0.333. The number of hydrogen-bond donors (Lipinski definition) is 1. The molecule has 1 aliphatic rings. The third-order valence-corrected chi connectivity index (χ3v) is 2.98. The molecule has 1 aromatic carbocycles. The molecule has 0 fully saturated rings. The van der Waals surface area contributed by atoms with E-state index < -0.39 is 0 Å². The van der Waals surface area contributed by atoms with Crippen LogP contribution in [0.4, 0.5) is 0 Å². The van der Waals surface area contributed by atoms with Gasteiger partial charge in [-0.05, 0) is 24.0 Å². The summed E-state index contributed by atoms with van der Waals surface area (Å²) in [6.45, 7) is 0. The zero-order chi connectivity index (χ0) is 10.8. The van der Waals surface area contributed by atoms with E-state index in [0.717, 1.165) is 11.1 Å². The summed E-state index contributed by atoms with van der Waals surface area (Å²) < 4.78 is 0. The molecule has 1 aromatic rings. The van der Waals surface area contributed by atoms with Gasteiger partial charge in [-0.25, -0.2) is 0 Å². The second-order valence-electron chi connectivity index (χ2n) is 3.92. The monoisotopic (exact) mass is 200 g/mol. The molecule has 0 heterocycles. The molecule has 3 heteroatoms. The Hall–Kier alpha value is -1.82. The van der Waals surface area contributed by atoms with E-state index in [4.69, 9.17) is 11.0 Å². The van der Waals surface area contributed by atoms with Gasteiger partial charge in [-0.1, -0.05) is 24.3 Å². The minimum Gasteiger partial charge on any atom is -0.369 e. The zero-order valence-electron chi connectivity index (χ0n) is 8.31. The Balaban J connectivity index is 2.39. The van der Waals surface area contributed by atoms with Crippen molar-refractivity contribution in [1.82, 2.24) is 0 Å². The van der Waals surface area contributed by atoms with Gasteiger partial charge in [0.2, 0.25) is 5.91 Å². The van der Waals surface area contributed by atoms with Gasteiger partial charge in [-0.2, -0.15) is 5.26 Å². The average Bonchev–Trinajstić information content (AvgIpc) is 2.27. The SMILES string of the molecule is N#C[C@H]1C[C@H](C(N)=O)Cc2ccccc21. The van der Waals surface area contributed by atoms with Crippen molar-refractivity contribution >= 4 is 5.91 Å². The highest BCUT2D eigenvalue weighted by Gasteiger charge is 2.29. The maximum absolute atomic E-state index is 11.1. The van der Waals surface area contributed by atoms with Crippen LogP contribution in [0.2, 0.25) is 0 Å². The van der Waals surface area contributed by atoms with E-state index in [9.17, 15) is 4.79 Å². The number of nitriles is 1. The Morgan fingerprint density at radius 2 is 2.20 bits per heavy atom. The van der Waals surface area contributed by atoms with Crippen molar-refractivity contribution in [1.29, 1.82) is 5.26 Å². The number of nitrogens with zero attached hydrogens (tertiary/aromatic N) is 1. The lowest BCUT2D eigenvalue weighted by Gasteiger charge is -2.25. The van der Waals surface area contributed by atoms with Crippen LogP contribution in [0.15, 0.2) is 24.3 Å². The quantitative estimate of drug-likeness (QED) is 0.743. The molecule has 15 heavy (non-hydrogen) atoms. The van der Waals surface area contributed by atoms with Crippen molar-refractivity contribution in [3.8, 4) is 6.07 Å². The Labute approximate surface area is 88.5 Å². The molecule has 0 saturated heterocycles. The van der Waals surface area contributed by atoms with Crippen LogP contribution in [0.25, 0.3) is 0 Å². The van der Waals surface area contributed by atoms with Gasteiger partial charge in [0.25, 0.3) is 0 Å². The number of rotatable bonds is 1. The fourth-order valence-electron chi connectivity index (χ4n) is 2.16. The van der Waals surface area contributed by atoms with Crippen LogP contribution in [0.5, 0.6) is 0 Å². The van der Waals surface area contributed by atoms with Crippen LogP contribution in [0.3, 0.4) is 0 Å². The number of benzene rings is 1. The van der Waals surface area contributed by atoms with Crippen molar-refractivity contribution in [2.24, 2.45) is 11.7 Å². The first-order valence-corrected chi connectivity index (χ1v) is 4.99. The van der Waals surface area contributed by atoms with Crippen LogP contribution in [-0.4, -0.2) is 5.91 Å². The fourth-order valence-corrected chi connectivity index (χ4v) is 2.16. The molecule has 76 valence electrons. The van der Waals surface area contributed by atoms with Gasteiger partial charge >= 0.3 is 0 Å². The molecule has 0 unspecified atom stereocenters. The van der Waals surface area contributed by atoms with Gasteiger partial charge in [0, 0.05) is 5.92 Å². The molecule has 2 atom stereocenters. The first kappa shape index (κ1) is 9.72. The number of nitrogens with two attached hydrogens (primary N) is 1. The molecule has 1 aliphatic carbocycles. The summed E-state index contributed by atoms with van der Waals surface area (Å²) in [5.41, 5.74) is 7.43. The number of amides is 1. The molecule has 2 rings (SSSR count). The number of hydrogen-bond acceptors (Lipinski definition) is 2. The van der Waals surface area contributed by atoms with Crippen molar-refractivity contribution in [3.63, 3.8) is 0 Å². The highest BCUT2D eigenvalue weighted by atomic mass is 16.1. The average molecular weight is 200 g/mol. The third-order valence-electron chi connectivity index (χ3n) is 2.98. The van der Waals surface area contributed by atoms with E-state index >= 15 is 0 Å². The van der Waals surface area contributed by atoms with Crippen molar-refractivity contribution in [2.45, 2.75) is 18.8 Å². The Bertz CT molecular complexity index is 433. The maximum atomic E-state index is 11.1. The maximum Gasteiger partial charge on any atom is 0.220 e. The molecule has 0 bridgehead atoms. The molecule has 0 radical (unpaired) electrons. The van der Waals surface area contributed by atoms with Crippen LogP contribution < -0.4 is 5.73 Å². The summed E-state index contributed by atoms with van der Waals surface area (Å²) in [5, 5.41) is 9.04. The van der Waals surface area contributed by atoms with Gasteiger partial charge in [-0.3, -0.25) is 4.79 Å². The molecule has 0 spiro atoms. The molecule has 0 saturated carbocycles. The van der Waals surface area contributed by atoms with Crippen molar-refractivity contribution in [3.05, 3.63) is 35.4 Å². The van der Waals surface area contributed by atoms with E-state index in [1.54, 1.807) is 0 Å². The molecule has 0 aliphatic heterocycles. The second-order valence-corrected chi connectivity index (χ2v) is 3.92. The summed E-state index contributed by atoms with van der Waals surface area (Å²) in [4.78, 5) is 11.1. The largest absolute Gasteiger partial charge is 0.369 e. The van der Waals surface area contributed by atoms with Gasteiger partial charge < -0.3 is 5.73 Å². The van der Waals surface area contributed by atoms with Crippen LogP contribution in [0, 0.1) is 17.2 Å². The normalized spacial score (nSPS) is 23.9. The van der Waals surface area contributed by atoms with Crippen LogP contribution >= 0.6 is 0 Å². The number of carbonyl (C=O) groups is 1. The minimum absolute atomic E-state index is 0.188. The molecular weight excluding hydrogens is 188 g/mol. The van der Waals surface area contributed by atoms with Crippen molar-refractivity contribution < 1.29 is 4.79 Å². The standard InChI is InChI=1S/C12H12N2O/c13-7-10-6-9(12(14)15)5-8-3-1-2-4-11(8)10/h1-4,9-10H,5-6H2,(H2,14,15)/t9-,10-/m1/s1. The lowest BCUT2D eigenvalue weighted by atomic mass is 9.77. The van der Waals surface area contributed by atoms with E-state index in [1.165, 1.54) is 0 Å². The molecular formula is C12H12N2O. The summed E-state index contributed by atoms with van der Waals surface area (Å²) in [5.74, 6) is -0.679. The van der Waals surface area contributed by atoms with Gasteiger partial charge in [0.15, 0.2) is 0 Å². The summed E-state index contributed by atoms with van der Waals surface area (Å²) in [6.07, 6.45) is 1.23. The smallest absolute Gasteiger partial charge is 0.220 e. The van der Waals surface area contributed by atoms with Crippen LogP contribution in [0.1, 0.15) is 23.5 Å². The summed E-state index contributed by atoms with van der Waals surface area (Å²) in [6, 6.07) is 10.0. The highest BCUT2D eigenvalue weighted by molar-refractivity contribution is 5.77. The van der Waals surface area contributed by atoms with Gasteiger partial charge in [0.05, 0.1) is 12.0 Å². The molecule has 2 N–H and O–H groups in total. The number of primary amides is 1. The molecule has 3 nitrogen and oxygen atoms in total. The van der Waals surface area contributed by atoms with Gasteiger partial charge in [-0.15, -0.1) is 0 Å². The summed E-state index contributed by atoms with van der Waals surface area (Å²) in [7, 11) is 0. The first-order chi connectivity index (χ1) is 7.22. The number of fused-ring (bicyclic) bond motifs is 1. The third kappa shape index (κ3) is 1.71. The predicted molar refractivity (Wildman–Crippen MR) is 55.8 cm³/mol. The Morgan fingerprint density at radius 3 is 2.87 bits per heavy atom. The highest BCUT2D eigenvalue weighted by Crippen LogP contribution is 2.34. The number of carbonyl (C=O) groups excluding carboxylic acids is 1. The van der Waals surface area contributed by atoms with Crippen LogP contribution in [-0.2, 0) is 11.2 Å². The summed E-state index contributed by atoms with van der Waals surface area (Å²) >= 11 is 0. The van der Waals surface area contributed by atoms with E-state index in [2.05, 4.69) is 6.07 Å². The lowest BCUT2D eigenvalue weighted by Crippen LogP contribution is -2.30. The zero-order valence-corrected chi connectivity index (χ0v) is 8.31. The Morgan fingerprint density at radius 1 is 1.47 bits per heavy atom. The topological polar surface area (TPSA) is 66.9 Å². The van der Waals surface area contributed by atoms with E-state index in [-0.39, 0.29) is 17.7 Å². The molecule has 1 amide bonds. The van der Waals surface area contributed by atoms with E-state index in [1.807, 2.05) is 24.3 Å². The molecule has 0 aromatic heterocycles. The minimum atomic E-state index is -0.301. The Kier molecular flexibility index (Phi) is 2.42. The van der Waals surface area contributed by atoms with Crippen molar-refractivity contribution in [2.75, 3.05) is 0 Å². The lowest BCUT2D eigenvalue weighted by molar-refractivity contribution is -0.122. The van der Waals surface area contributed by atoms with Gasteiger partial charge in [0.1, 0.15) is 0 Å². The predicted octanol–water partition coefficient (Wildman–Crippen LogP) is 1.34.